The summed E-state index contributed by atoms with van der Waals surface area (Å²) in [4.78, 5) is 0. The summed E-state index contributed by atoms with van der Waals surface area (Å²) in [7, 11) is 0. The van der Waals surface area contributed by atoms with Gasteiger partial charge in [0.2, 0.25) is 0 Å². The Morgan fingerprint density at radius 2 is 1.75 bits per heavy atom. The van der Waals surface area contributed by atoms with Crippen LogP contribution in [0.5, 0.6) is 0 Å². The van der Waals surface area contributed by atoms with E-state index < -0.39 is 19.0 Å². The zero-order valence-corrected chi connectivity index (χ0v) is 6.87. The van der Waals surface area contributed by atoms with E-state index in [1.165, 1.54) is 0 Å². The van der Waals surface area contributed by atoms with Crippen LogP contribution in [-0.4, -0.2) is 48.6 Å². The summed E-state index contributed by atoms with van der Waals surface area (Å²) in [6.07, 6.45) is 0. The first-order valence-electron chi connectivity index (χ1n) is 0.352. The van der Waals surface area contributed by atoms with E-state index in [0.29, 0.717) is 0 Å². The standard InChI is InChI=1S/Bi.HI.Na.O.H/h;1H;;;/q+1;;;;/p-1. The molecule has 0 bridgehead atoms. The fourth-order valence-corrected chi connectivity index (χ4v) is 0. The molecule has 0 heterocycles. The van der Waals surface area contributed by atoms with Crippen molar-refractivity contribution in [2.24, 2.45) is 0 Å². The molecule has 0 radical (unpaired) electrons. The molecule has 20 valence electrons. The van der Waals surface area contributed by atoms with Crippen molar-refractivity contribution in [3.05, 3.63) is 0 Å². The third-order valence-electron chi connectivity index (χ3n) is 0. The fraction of sp³-hybridized carbons (Fsp3) is 0. The first-order valence-corrected chi connectivity index (χ1v) is 11.6. The molecule has 0 rings (SSSR count). The van der Waals surface area contributed by atoms with Crippen LogP contribution < -0.4 is 0 Å². The SMILES string of the molecule is [NaH].[O]=[Bi][I]. The number of rotatable bonds is 0. The van der Waals surface area contributed by atoms with E-state index in [0.717, 1.165) is 0 Å². The third kappa shape index (κ3) is 8.83. The van der Waals surface area contributed by atoms with E-state index in [-0.39, 0.29) is 29.6 Å². The van der Waals surface area contributed by atoms with Gasteiger partial charge in [-0.25, -0.2) is 0 Å². The molecule has 0 aliphatic rings. The summed E-state index contributed by atoms with van der Waals surface area (Å²) in [5.74, 6) is 0. The third-order valence-corrected chi connectivity index (χ3v) is 0. The van der Waals surface area contributed by atoms with Crippen LogP contribution in [0.1, 0.15) is 0 Å². The molecule has 0 unspecified atom stereocenters. The monoisotopic (exact) mass is 376 g/mol. The van der Waals surface area contributed by atoms with Gasteiger partial charge in [0, 0.05) is 0 Å². The van der Waals surface area contributed by atoms with E-state index in [1.807, 2.05) is 18.0 Å². The van der Waals surface area contributed by atoms with Gasteiger partial charge in [0.25, 0.3) is 0 Å². The van der Waals surface area contributed by atoms with Crippen molar-refractivity contribution in [2.45, 2.75) is 0 Å². The van der Waals surface area contributed by atoms with Gasteiger partial charge < -0.3 is 0 Å². The first-order chi connectivity index (χ1) is 1.41. The normalized spacial score (nSPS) is 3.25. The summed E-state index contributed by atoms with van der Waals surface area (Å²) >= 11 is 0.800. The van der Waals surface area contributed by atoms with Crippen molar-refractivity contribution in [1.29, 1.82) is 0 Å². The quantitative estimate of drug-likeness (QED) is 0.421. The molecule has 1 nitrogen and oxygen atoms in total. The van der Waals surface area contributed by atoms with Crippen LogP contribution in [-0.2, 0) is 2.81 Å². The van der Waals surface area contributed by atoms with Gasteiger partial charge in [0.15, 0.2) is 0 Å². The molecule has 0 N–H and O–H groups in total. The molecule has 0 amide bonds. The molecule has 0 spiro atoms. The van der Waals surface area contributed by atoms with E-state index >= 15 is 0 Å². The Bertz CT molecular complexity index is 15.5. The molecular formula is HBiINaO. The average molecular weight is 376 g/mol. The molecule has 0 aromatic heterocycles. The van der Waals surface area contributed by atoms with Gasteiger partial charge in [0.1, 0.15) is 0 Å². The van der Waals surface area contributed by atoms with Crippen molar-refractivity contribution in [3.63, 3.8) is 0 Å². The minimum atomic E-state index is -1.11. The molecule has 0 atom stereocenters. The molecule has 0 aromatic carbocycles. The summed E-state index contributed by atoms with van der Waals surface area (Å²) in [5.41, 5.74) is 0. The average Bonchev–Trinajstić information content (AvgIpc) is 0.918. The van der Waals surface area contributed by atoms with Crippen molar-refractivity contribution < 1.29 is 2.81 Å². The van der Waals surface area contributed by atoms with Crippen LogP contribution in [0.25, 0.3) is 0 Å². The second kappa shape index (κ2) is 9.05. The van der Waals surface area contributed by atoms with Gasteiger partial charge in [-0.1, -0.05) is 0 Å². The Hall–Kier alpha value is 2.41. The van der Waals surface area contributed by atoms with Gasteiger partial charge in [-0.05, 0) is 0 Å². The molecule has 0 fully saturated rings. The van der Waals surface area contributed by atoms with Crippen molar-refractivity contribution >= 4 is 66.7 Å². The summed E-state index contributed by atoms with van der Waals surface area (Å²) in [6, 6.07) is 0. The summed E-state index contributed by atoms with van der Waals surface area (Å²) in [6.45, 7) is 0. The van der Waals surface area contributed by atoms with E-state index in [4.69, 9.17) is 2.81 Å². The van der Waals surface area contributed by atoms with Crippen LogP contribution in [0.15, 0.2) is 0 Å². The van der Waals surface area contributed by atoms with Gasteiger partial charge in [-0.15, -0.1) is 0 Å². The molecular weight excluding hydrogens is 375 g/mol. The van der Waals surface area contributed by atoms with Gasteiger partial charge in [-0.2, -0.15) is 0 Å². The van der Waals surface area contributed by atoms with Crippen LogP contribution in [0.3, 0.4) is 0 Å². The van der Waals surface area contributed by atoms with Gasteiger partial charge in [-0.3, -0.25) is 0 Å². The Kier molecular flexibility index (Phi) is 21.8. The predicted octanol–water partition coefficient (Wildman–Crippen LogP) is -0.262. The number of halogens is 1. The van der Waals surface area contributed by atoms with Gasteiger partial charge in [0.05, 0.1) is 0 Å². The second-order valence-corrected chi connectivity index (χ2v) is 4.06. The maximum absolute atomic E-state index is 9.10. The van der Waals surface area contributed by atoms with Crippen molar-refractivity contribution in [3.8, 4) is 0 Å². The summed E-state index contributed by atoms with van der Waals surface area (Å²) < 4.78 is 9.10. The van der Waals surface area contributed by atoms with Crippen molar-refractivity contribution in [2.75, 3.05) is 0 Å². The van der Waals surface area contributed by atoms with Crippen molar-refractivity contribution in [1.82, 2.24) is 0 Å². The number of hydrogen-bond acceptors (Lipinski definition) is 1. The van der Waals surface area contributed by atoms with Crippen LogP contribution in [0, 0.1) is 0 Å². The zero-order chi connectivity index (χ0) is 2.71. The van der Waals surface area contributed by atoms with Crippen LogP contribution in [0.2, 0.25) is 0 Å². The van der Waals surface area contributed by atoms with Crippen LogP contribution >= 0.6 is 18.0 Å². The number of hydrogen-bond donors (Lipinski definition) is 0. The molecule has 0 saturated heterocycles. The Balaban J connectivity index is 0. The molecule has 0 aromatic rings. The fourth-order valence-electron chi connectivity index (χ4n) is 0. The van der Waals surface area contributed by atoms with E-state index in [1.54, 1.807) is 0 Å². The van der Waals surface area contributed by atoms with Crippen LogP contribution in [0.4, 0.5) is 0 Å². The molecule has 0 saturated carbocycles. The predicted molar refractivity (Wildman–Crippen MR) is 27.6 cm³/mol. The first kappa shape index (κ1) is 9.65. The maximum atomic E-state index is 9.10. The zero-order valence-electron chi connectivity index (χ0n) is 1.23. The Morgan fingerprint density at radius 3 is 1.75 bits per heavy atom. The topological polar surface area (TPSA) is 17.1 Å². The molecule has 0 aliphatic carbocycles. The Morgan fingerprint density at radius 1 is 1.75 bits per heavy atom. The van der Waals surface area contributed by atoms with E-state index in [9.17, 15) is 0 Å². The molecule has 4 heavy (non-hydrogen) atoms. The summed E-state index contributed by atoms with van der Waals surface area (Å²) in [5, 5.41) is 0. The molecule has 0 aliphatic heterocycles. The Labute approximate surface area is 67.9 Å². The minimum absolute atomic E-state index is 0. The second-order valence-electron chi connectivity index (χ2n) is 0.0690. The van der Waals surface area contributed by atoms with Gasteiger partial charge >= 0.3 is 69.5 Å². The van der Waals surface area contributed by atoms with E-state index in [2.05, 4.69) is 0 Å². The molecule has 4 heteroatoms.